The molecule has 0 aromatic rings. The second kappa shape index (κ2) is 4.60. The molecular weight excluding hydrogens is 178 g/mol. The standard InChI is InChI=1S/C11H21NO2/c1-12-7-9-13-11(14-10-8-12)5-3-2-4-6-11/h2-10H2,1H3. The van der Waals surface area contributed by atoms with E-state index in [0.717, 1.165) is 39.1 Å². The molecule has 2 rings (SSSR count). The Morgan fingerprint density at radius 2 is 1.50 bits per heavy atom. The van der Waals surface area contributed by atoms with Crippen molar-refractivity contribution in [3.63, 3.8) is 0 Å². The lowest BCUT2D eigenvalue weighted by Gasteiger charge is -2.39. The lowest BCUT2D eigenvalue weighted by atomic mass is 9.94. The molecule has 1 aliphatic heterocycles. The van der Waals surface area contributed by atoms with Gasteiger partial charge in [-0.05, 0) is 19.9 Å². The van der Waals surface area contributed by atoms with Crippen molar-refractivity contribution < 1.29 is 9.47 Å². The van der Waals surface area contributed by atoms with Gasteiger partial charge in [-0.2, -0.15) is 0 Å². The SMILES string of the molecule is CN1CCOC2(CCCCC2)OCC1. The van der Waals surface area contributed by atoms with E-state index >= 15 is 0 Å². The van der Waals surface area contributed by atoms with E-state index in [-0.39, 0.29) is 5.79 Å². The highest BCUT2D eigenvalue weighted by molar-refractivity contribution is 4.76. The molecule has 1 heterocycles. The third kappa shape index (κ3) is 2.47. The highest BCUT2D eigenvalue weighted by Crippen LogP contribution is 2.33. The average molecular weight is 199 g/mol. The van der Waals surface area contributed by atoms with Gasteiger partial charge in [0, 0.05) is 25.9 Å². The number of rotatable bonds is 0. The van der Waals surface area contributed by atoms with Gasteiger partial charge in [-0.15, -0.1) is 0 Å². The van der Waals surface area contributed by atoms with E-state index in [1.807, 2.05) is 0 Å². The Balaban J connectivity index is 1.90. The monoisotopic (exact) mass is 199 g/mol. The summed E-state index contributed by atoms with van der Waals surface area (Å²) in [4.78, 5) is 2.26. The van der Waals surface area contributed by atoms with E-state index in [1.54, 1.807) is 0 Å². The number of hydrogen-bond donors (Lipinski definition) is 0. The Bertz CT molecular complexity index is 166. The number of nitrogens with zero attached hydrogens (tertiary/aromatic N) is 1. The highest BCUT2D eigenvalue weighted by atomic mass is 16.7. The van der Waals surface area contributed by atoms with Gasteiger partial charge < -0.3 is 14.4 Å². The molecule has 0 radical (unpaired) electrons. The van der Waals surface area contributed by atoms with E-state index in [1.165, 1.54) is 19.3 Å². The molecule has 2 fully saturated rings. The lowest BCUT2D eigenvalue weighted by Crippen LogP contribution is -2.44. The first-order valence-electron chi connectivity index (χ1n) is 5.77. The van der Waals surface area contributed by atoms with Crippen LogP contribution in [0.15, 0.2) is 0 Å². The second-order valence-corrected chi connectivity index (χ2v) is 4.47. The van der Waals surface area contributed by atoms with E-state index < -0.39 is 0 Å². The van der Waals surface area contributed by atoms with Gasteiger partial charge in [-0.3, -0.25) is 0 Å². The largest absolute Gasteiger partial charge is 0.349 e. The second-order valence-electron chi connectivity index (χ2n) is 4.47. The Morgan fingerprint density at radius 3 is 2.07 bits per heavy atom. The third-order valence-electron chi connectivity index (χ3n) is 3.29. The molecule has 14 heavy (non-hydrogen) atoms. The Labute approximate surface area is 86.4 Å². The van der Waals surface area contributed by atoms with Gasteiger partial charge in [0.1, 0.15) is 0 Å². The fourth-order valence-corrected chi connectivity index (χ4v) is 2.31. The van der Waals surface area contributed by atoms with Gasteiger partial charge >= 0.3 is 0 Å². The first-order valence-corrected chi connectivity index (χ1v) is 5.77. The normalized spacial score (nSPS) is 29.8. The van der Waals surface area contributed by atoms with Crippen LogP contribution < -0.4 is 0 Å². The van der Waals surface area contributed by atoms with Crippen molar-refractivity contribution in [3.8, 4) is 0 Å². The van der Waals surface area contributed by atoms with Crippen molar-refractivity contribution in [1.29, 1.82) is 0 Å². The van der Waals surface area contributed by atoms with E-state index in [2.05, 4.69) is 11.9 Å². The molecule has 82 valence electrons. The maximum absolute atomic E-state index is 5.92. The maximum Gasteiger partial charge on any atom is 0.168 e. The van der Waals surface area contributed by atoms with Crippen LogP contribution in [-0.4, -0.2) is 44.0 Å². The summed E-state index contributed by atoms with van der Waals surface area (Å²) in [6.45, 7) is 3.70. The van der Waals surface area contributed by atoms with Crippen LogP contribution in [0, 0.1) is 0 Å². The molecule has 0 aromatic carbocycles. The van der Waals surface area contributed by atoms with Crippen LogP contribution in [0.4, 0.5) is 0 Å². The number of likely N-dealkylation sites (N-methyl/N-ethyl adjacent to an activating group) is 1. The molecule has 3 nitrogen and oxygen atoms in total. The van der Waals surface area contributed by atoms with Gasteiger partial charge in [0.15, 0.2) is 5.79 Å². The summed E-state index contributed by atoms with van der Waals surface area (Å²) in [7, 11) is 2.12. The predicted octanol–water partition coefficient (Wildman–Crippen LogP) is 1.63. The van der Waals surface area contributed by atoms with Crippen molar-refractivity contribution in [2.45, 2.75) is 37.9 Å². The van der Waals surface area contributed by atoms with Crippen LogP contribution >= 0.6 is 0 Å². The molecule has 1 saturated heterocycles. The highest BCUT2D eigenvalue weighted by Gasteiger charge is 2.34. The van der Waals surface area contributed by atoms with Gasteiger partial charge in [0.25, 0.3) is 0 Å². The maximum atomic E-state index is 5.92. The summed E-state index contributed by atoms with van der Waals surface area (Å²) in [5.41, 5.74) is 0. The molecule has 0 bridgehead atoms. The van der Waals surface area contributed by atoms with Crippen molar-refractivity contribution in [2.24, 2.45) is 0 Å². The summed E-state index contributed by atoms with van der Waals surface area (Å²) in [6.07, 6.45) is 6.05. The summed E-state index contributed by atoms with van der Waals surface area (Å²) >= 11 is 0. The lowest BCUT2D eigenvalue weighted by molar-refractivity contribution is -0.261. The van der Waals surface area contributed by atoms with Gasteiger partial charge in [-0.1, -0.05) is 6.42 Å². The zero-order valence-electron chi connectivity index (χ0n) is 9.13. The van der Waals surface area contributed by atoms with Crippen LogP contribution in [-0.2, 0) is 9.47 Å². The Hall–Kier alpha value is -0.120. The molecule has 0 amide bonds. The zero-order chi connectivity index (χ0) is 9.86. The molecule has 0 N–H and O–H groups in total. The Kier molecular flexibility index (Phi) is 3.42. The fraction of sp³-hybridized carbons (Fsp3) is 1.00. The van der Waals surface area contributed by atoms with Crippen molar-refractivity contribution in [2.75, 3.05) is 33.4 Å². The van der Waals surface area contributed by atoms with E-state index in [0.29, 0.717) is 0 Å². The molecule has 3 heteroatoms. The topological polar surface area (TPSA) is 21.7 Å². The molecular formula is C11H21NO2. The van der Waals surface area contributed by atoms with Crippen molar-refractivity contribution in [3.05, 3.63) is 0 Å². The summed E-state index contributed by atoms with van der Waals surface area (Å²) < 4.78 is 11.8. The van der Waals surface area contributed by atoms with Crippen LogP contribution in [0.2, 0.25) is 0 Å². The number of hydrogen-bond acceptors (Lipinski definition) is 3. The predicted molar refractivity (Wildman–Crippen MR) is 55.2 cm³/mol. The average Bonchev–Trinajstić information content (AvgIpc) is 2.17. The van der Waals surface area contributed by atoms with E-state index in [4.69, 9.17) is 9.47 Å². The van der Waals surface area contributed by atoms with Crippen molar-refractivity contribution >= 4 is 0 Å². The van der Waals surface area contributed by atoms with E-state index in [9.17, 15) is 0 Å². The summed E-state index contributed by atoms with van der Waals surface area (Å²) in [5, 5.41) is 0. The van der Waals surface area contributed by atoms with Gasteiger partial charge in [0.2, 0.25) is 0 Å². The van der Waals surface area contributed by atoms with Crippen LogP contribution in [0.25, 0.3) is 0 Å². The minimum Gasteiger partial charge on any atom is -0.349 e. The van der Waals surface area contributed by atoms with Gasteiger partial charge in [-0.25, -0.2) is 0 Å². The molecule has 1 saturated carbocycles. The summed E-state index contributed by atoms with van der Waals surface area (Å²) in [6, 6.07) is 0. The molecule has 1 spiro atoms. The van der Waals surface area contributed by atoms with Crippen LogP contribution in [0.3, 0.4) is 0 Å². The summed E-state index contributed by atoms with van der Waals surface area (Å²) in [5.74, 6) is -0.209. The quantitative estimate of drug-likeness (QED) is 0.592. The zero-order valence-corrected chi connectivity index (χ0v) is 9.13. The molecule has 1 aliphatic carbocycles. The molecule has 2 aliphatic rings. The fourth-order valence-electron chi connectivity index (χ4n) is 2.31. The van der Waals surface area contributed by atoms with Crippen LogP contribution in [0.5, 0.6) is 0 Å². The molecule has 0 aromatic heterocycles. The minimum atomic E-state index is -0.209. The first kappa shape index (κ1) is 10.4. The van der Waals surface area contributed by atoms with Crippen LogP contribution in [0.1, 0.15) is 32.1 Å². The van der Waals surface area contributed by atoms with Gasteiger partial charge in [0.05, 0.1) is 13.2 Å². The van der Waals surface area contributed by atoms with Crippen molar-refractivity contribution in [1.82, 2.24) is 4.90 Å². The number of ether oxygens (including phenoxy) is 2. The molecule has 0 atom stereocenters. The first-order chi connectivity index (χ1) is 6.81. The Morgan fingerprint density at radius 1 is 0.929 bits per heavy atom. The molecule has 0 unspecified atom stereocenters. The smallest absolute Gasteiger partial charge is 0.168 e. The minimum absolute atomic E-state index is 0.209. The third-order valence-corrected chi connectivity index (χ3v) is 3.29.